The van der Waals surface area contributed by atoms with E-state index in [0.717, 1.165) is 33.7 Å². The van der Waals surface area contributed by atoms with E-state index in [1.807, 2.05) is 50.2 Å². The van der Waals surface area contributed by atoms with Crippen LogP contribution in [0.15, 0.2) is 42.6 Å². The Hall–Kier alpha value is -2.29. The highest BCUT2D eigenvalue weighted by Crippen LogP contribution is 2.20. The predicted molar refractivity (Wildman–Crippen MR) is 72.2 cm³/mol. The van der Waals surface area contributed by atoms with Crippen molar-refractivity contribution >= 4 is 11.0 Å². The van der Waals surface area contributed by atoms with Crippen molar-refractivity contribution < 1.29 is 0 Å². The molecule has 0 saturated carbocycles. The number of hydrogen-bond donors (Lipinski definition) is 0. The van der Waals surface area contributed by atoms with Gasteiger partial charge in [0.05, 0.1) is 28.8 Å². The fourth-order valence-corrected chi connectivity index (χ4v) is 1.90. The average molecular weight is 235 g/mol. The molecule has 18 heavy (non-hydrogen) atoms. The Labute approximate surface area is 106 Å². The first-order valence-electron chi connectivity index (χ1n) is 5.90. The van der Waals surface area contributed by atoms with Crippen molar-refractivity contribution in [2.45, 2.75) is 13.8 Å². The van der Waals surface area contributed by atoms with Crippen LogP contribution in [0, 0.1) is 13.8 Å². The molecule has 0 aliphatic carbocycles. The van der Waals surface area contributed by atoms with E-state index in [2.05, 4.69) is 15.0 Å². The Morgan fingerprint density at radius 3 is 2.22 bits per heavy atom. The second kappa shape index (κ2) is 4.18. The maximum absolute atomic E-state index is 4.56. The van der Waals surface area contributed by atoms with Crippen molar-refractivity contribution in [3.63, 3.8) is 0 Å². The van der Waals surface area contributed by atoms with E-state index >= 15 is 0 Å². The Morgan fingerprint density at radius 1 is 0.833 bits per heavy atom. The fraction of sp³-hybridized carbons (Fsp3) is 0.133. The van der Waals surface area contributed by atoms with Crippen molar-refractivity contribution in [1.29, 1.82) is 0 Å². The monoisotopic (exact) mass is 235 g/mol. The molecule has 0 bridgehead atoms. The van der Waals surface area contributed by atoms with Crippen molar-refractivity contribution in [1.82, 2.24) is 15.0 Å². The molecule has 1 aromatic carbocycles. The Morgan fingerprint density at radius 2 is 1.50 bits per heavy atom. The topological polar surface area (TPSA) is 38.7 Å². The highest BCUT2D eigenvalue weighted by Gasteiger charge is 2.04. The molecule has 0 saturated heterocycles. The average Bonchev–Trinajstić information content (AvgIpc) is 2.41. The van der Waals surface area contributed by atoms with Gasteiger partial charge in [-0.25, -0.2) is 9.97 Å². The summed E-state index contributed by atoms with van der Waals surface area (Å²) in [5, 5.41) is 0. The van der Waals surface area contributed by atoms with Gasteiger partial charge in [-0.1, -0.05) is 30.3 Å². The summed E-state index contributed by atoms with van der Waals surface area (Å²) >= 11 is 0. The molecule has 3 nitrogen and oxygen atoms in total. The van der Waals surface area contributed by atoms with Crippen LogP contribution >= 0.6 is 0 Å². The summed E-state index contributed by atoms with van der Waals surface area (Å²) in [6.45, 7) is 3.94. The smallest absolute Gasteiger partial charge is 0.107 e. The van der Waals surface area contributed by atoms with Crippen LogP contribution in [0.5, 0.6) is 0 Å². The molecule has 3 aromatic rings. The van der Waals surface area contributed by atoms with Gasteiger partial charge in [-0.2, -0.15) is 0 Å². The lowest BCUT2D eigenvalue weighted by Gasteiger charge is -2.04. The lowest BCUT2D eigenvalue weighted by molar-refractivity contribution is 1.09. The molecule has 0 aliphatic rings. The molecule has 3 heteroatoms. The van der Waals surface area contributed by atoms with E-state index < -0.39 is 0 Å². The normalized spacial score (nSPS) is 10.8. The molecular formula is C15H13N3. The summed E-state index contributed by atoms with van der Waals surface area (Å²) in [7, 11) is 0. The first-order valence-corrected chi connectivity index (χ1v) is 5.90. The molecule has 88 valence electrons. The molecule has 2 aromatic heterocycles. The van der Waals surface area contributed by atoms with E-state index in [9.17, 15) is 0 Å². The molecule has 0 unspecified atom stereocenters. The standard InChI is InChI=1S/C15H13N3/c1-10-11(2)18-15-9-16-13(8-14(15)17-10)12-6-4-3-5-7-12/h3-9H,1-2H3. The van der Waals surface area contributed by atoms with Gasteiger partial charge >= 0.3 is 0 Å². The van der Waals surface area contributed by atoms with Crippen LogP contribution in [0.4, 0.5) is 0 Å². The van der Waals surface area contributed by atoms with Crippen LogP contribution in [0.1, 0.15) is 11.4 Å². The maximum Gasteiger partial charge on any atom is 0.107 e. The van der Waals surface area contributed by atoms with Gasteiger partial charge in [0, 0.05) is 5.56 Å². The van der Waals surface area contributed by atoms with E-state index in [1.54, 1.807) is 6.20 Å². The van der Waals surface area contributed by atoms with Gasteiger partial charge in [-0.15, -0.1) is 0 Å². The van der Waals surface area contributed by atoms with Crippen molar-refractivity contribution in [2.75, 3.05) is 0 Å². The summed E-state index contributed by atoms with van der Waals surface area (Å²) in [5.74, 6) is 0. The van der Waals surface area contributed by atoms with Crippen LogP contribution in [0.25, 0.3) is 22.3 Å². The molecular weight excluding hydrogens is 222 g/mol. The number of hydrogen-bond acceptors (Lipinski definition) is 3. The number of aromatic nitrogens is 3. The third-order valence-corrected chi connectivity index (χ3v) is 3.03. The van der Waals surface area contributed by atoms with Crippen LogP contribution in [0.3, 0.4) is 0 Å². The van der Waals surface area contributed by atoms with Gasteiger partial charge in [0.25, 0.3) is 0 Å². The summed E-state index contributed by atoms with van der Waals surface area (Å²) in [5.41, 5.74) is 5.69. The Bertz CT molecular complexity index is 706. The third kappa shape index (κ3) is 1.84. The van der Waals surface area contributed by atoms with Crippen molar-refractivity contribution in [3.8, 4) is 11.3 Å². The molecule has 0 aliphatic heterocycles. The van der Waals surface area contributed by atoms with E-state index in [1.165, 1.54) is 0 Å². The highest BCUT2D eigenvalue weighted by molar-refractivity contribution is 5.78. The fourth-order valence-electron chi connectivity index (χ4n) is 1.90. The summed E-state index contributed by atoms with van der Waals surface area (Å²) in [4.78, 5) is 13.5. The molecule has 0 N–H and O–H groups in total. The molecule has 0 spiro atoms. The van der Waals surface area contributed by atoms with Crippen LogP contribution in [-0.4, -0.2) is 15.0 Å². The Balaban J connectivity index is 2.20. The summed E-state index contributed by atoms with van der Waals surface area (Å²) < 4.78 is 0. The van der Waals surface area contributed by atoms with Crippen molar-refractivity contribution in [3.05, 3.63) is 54.0 Å². The van der Waals surface area contributed by atoms with Gasteiger partial charge in [0.2, 0.25) is 0 Å². The molecule has 0 atom stereocenters. The SMILES string of the molecule is Cc1nc2cnc(-c3ccccc3)cc2nc1C. The van der Waals surface area contributed by atoms with Gasteiger partial charge in [0.15, 0.2) is 0 Å². The molecule has 0 radical (unpaired) electrons. The minimum atomic E-state index is 0.845. The third-order valence-electron chi connectivity index (χ3n) is 3.03. The molecule has 0 amide bonds. The largest absolute Gasteiger partial charge is 0.254 e. The van der Waals surface area contributed by atoms with Crippen LogP contribution in [-0.2, 0) is 0 Å². The lowest BCUT2D eigenvalue weighted by atomic mass is 10.1. The number of nitrogens with zero attached hydrogens (tertiary/aromatic N) is 3. The predicted octanol–water partition coefficient (Wildman–Crippen LogP) is 3.31. The first kappa shape index (κ1) is 10.8. The Kier molecular flexibility index (Phi) is 2.52. The minimum absolute atomic E-state index is 0.845. The van der Waals surface area contributed by atoms with Gasteiger partial charge in [-0.05, 0) is 19.9 Å². The molecule has 0 fully saturated rings. The highest BCUT2D eigenvalue weighted by atomic mass is 14.8. The number of fused-ring (bicyclic) bond motifs is 1. The van der Waals surface area contributed by atoms with Gasteiger partial charge in [0.1, 0.15) is 5.52 Å². The van der Waals surface area contributed by atoms with E-state index in [-0.39, 0.29) is 0 Å². The lowest BCUT2D eigenvalue weighted by Crippen LogP contribution is -1.95. The van der Waals surface area contributed by atoms with Crippen LogP contribution in [0.2, 0.25) is 0 Å². The van der Waals surface area contributed by atoms with Gasteiger partial charge < -0.3 is 0 Å². The summed E-state index contributed by atoms with van der Waals surface area (Å²) in [6.07, 6.45) is 1.79. The zero-order valence-corrected chi connectivity index (χ0v) is 10.4. The second-order valence-corrected chi connectivity index (χ2v) is 4.32. The number of benzene rings is 1. The first-order chi connectivity index (χ1) is 8.74. The number of rotatable bonds is 1. The van der Waals surface area contributed by atoms with Gasteiger partial charge in [-0.3, -0.25) is 4.98 Å². The quantitative estimate of drug-likeness (QED) is 0.649. The zero-order valence-electron chi connectivity index (χ0n) is 10.4. The van der Waals surface area contributed by atoms with Crippen molar-refractivity contribution in [2.24, 2.45) is 0 Å². The number of aryl methyl sites for hydroxylation is 2. The summed E-state index contributed by atoms with van der Waals surface area (Å²) in [6, 6.07) is 12.1. The minimum Gasteiger partial charge on any atom is -0.254 e. The second-order valence-electron chi connectivity index (χ2n) is 4.32. The maximum atomic E-state index is 4.56. The van der Waals surface area contributed by atoms with E-state index in [4.69, 9.17) is 0 Å². The van der Waals surface area contributed by atoms with Crippen LogP contribution < -0.4 is 0 Å². The number of pyridine rings is 1. The zero-order chi connectivity index (χ0) is 12.5. The van der Waals surface area contributed by atoms with E-state index in [0.29, 0.717) is 0 Å². The molecule has 2 heterocycles. The molecule has 3 rings (SSSR count).